The molecule has 2 bridgehead atoms. The van der Waals surface area contributed by atoms with Crippen LogP contribution in [0.2, 0.25) is 0 Å². The van der Waals surface area contributed by atoms with Crippen LogP contribution in [0.1, 0.15) is 55.3 Å². The number of nitrogens with one attached hydrogen (secondary N) is 1. The van der Waals surface area contributed by atoms with E-state index in [2.05, 4.69) is 34.0 Å². The summed E-state index contributed by atoms with van der Waals surface area (Å²) in [4.78, 5) is 13.7. The van der Waals surface area contributed by atoms with Crippen molar-refractivity contribution in [1.82, 2.24) is 25.1 Å². The Morgan fingerprint density at radius 1 is 1.14 bits per heavy atom. The van der Waals surface area contributed by atoms with Crippen molar-refractivity contribution in [3.63, 3.8) is 0 Å². The fourth-order valence-electron chi connectivity index (χ4n) is 6.20. The highest BCUT2D eigenvalue weighted by Crippen LogP contribution is 2.69. The molecule has 1 fully saturated rings. The van der Waals surface area contributed by atoms with Crippen LogP contribution in [0.15, 0.2) is 47.3 Å². The van der Waals surface area contributed by atoms with Gasteiger partial charge in [0.15, 0.2) is 0 Å². The number of oxazole rings is 1. The first-order valence-electron chi connectivity index (χ1n) is 11.8. The zero-order valence-electron chi connectivity index (χ0n) is 20.5. The quantitative estimate of drug-likeness (QED) is 0.380. The van der Waals surface area contributed by atoms with Crippen LogP contribution in [0, 0.1) is 21.8 Å². The van der Waals surface area contributed by atoms with Crippen LogP contribution >= 0.6 is 0 Å². The molecule has 1 N–H and O–H groups in total. The fraction of sp³-hybridized carbons (Fsp3) is 0.346. The minimum absolute atomic E-state index is 0.0177. The summed E-state index contributed by atoms with van der Waals surface area (Å²) in [6.45, 7) is 4.30. The van der Waals surface area contributed by atoms with Gasteiger partial charge in [0.25, 0.3) is 0 Å². The maximum Gasteiger partial charge on any atom is 0.246 e. The Balaban J connectivity index is 1.45. The van der Waals surface area contributed by atoms with Gasteiger partial charge in [-0.15, -0.1) is 5.10 Å². The van der Waals surface area contributed by atoms with Gasteiger partial charge in [0.2, 0.25) is 5.89 Å². The molecule has 0 amide bonds. The Morgan fingerprint density at radius 3 is 2.62 bits per heavy atom. The van der Waals surface area contributed by atoms with E-state index in [9.17, 15) is 13.0 Å². The van der Waals surface area contributed by atoms with Gasteiger partial charge in [-0.3, -0.25) is 9.76 Å². The molecule has 0 radical (unpaired) electrons. The highest BCUT2D eigenvalue weighted by atomic mass is 32.2. The van der Waals surface area contributed by atoms with Gasteiger partial charge in [-0.05, 0) is 47.9 Å². The molecule has 6 rings (SSSR count). The molecule has 1 saturated carbocycles. The molecule has 0 aliphatic heterocycles. The highest BCUT2D eigenvalue weighted by molar-refractivity contribution is 7.90. The third-order valence-electron chi connectivity index (χ3n) is 7.87. The Kier molecular flexibility index (Phi) is 5.11. The van der Waals surface area contributed by atoms with Crippen LogP contribution in [0.3, 0.4) is 0 Å². The van der Waals surface area contributed by atoms with Gasteiger partial charge < -0.3 is 4.42 Å². The number of nitrogens with zero attached hydrogens (tertiary/aromatic N) is 5. The summed E-state index contributed by atoms with van der Waals surface area (Å²) in [5.41, 5.74) is 2.24. The van der Waals surface area contributed by atoms with Crippen LogP contribution in [0.4, 0.5) is 8.78 Å². The summed E-state index contributed by atoms with van der Waals surface area (Å²) in [5, 5.41) is 8.81. The van der Waals surface area contributed by atoms with E-state index in [-0.39, 0.29) is 34.2 Å². The number of hydrogen-bond acceptors (Lipinski definition) is 8. The van der Waals surface area contributed by atoms with Crippen LogP contribution in [0.5, 0.6) is 0 Å². The van der Waals surface area contributed by atoms with E-state index in [1.54, 1.807) is 18.5 Å². The lowest BCUT2D eigenvalue weighted by Gasteiger charge is -2.37. The molecule has 1 unspecified atom stereocenters. The van der Waals surface area contributed by atoms with Gasteiger partial charge in [-0.2, -0.15) is 5.10 Å². The molecule has 11 heteroatoms. The van der Waals surface area contributed by atoms with Crippen molar-refractivity contribution in [2.75, 3.05) is 6.26 Å². The van der Waals surface area contributed by atoms with Gasteiger partial charge in [0.1, 0.15) is 23.6 Å². The number of aromatic nitrogens is 5. The lowest BCUT2D eigenvalue weighted by atomic mass is 9.66. The first-order chi connectivity index (χ1) is 17.5. The smallest absolute Gasteiger partial charge is 0.246 e. The Morgan fingerprint density at radius 2 is 1.89 bits per heavy atom. The van der Waals surface area contributed by atoms with Gasteiger partial charge in [-0.25, -0.2) is 23.0 Å². The molecule has 2 aliphatic rings. The SMILES string of the molecule is CC1(C)[C@H]2CC[C@]1(c1cncc(-c3nc(CS(C)(=N)=O)co3)n1)c1nnc(-c3c(F)cccc3F)cc12. The number of rotatable bonds is 5. The second-order valence-corrected chi connectivity index (χ2v) is 12.7. The van der Waals surface area contributed by atoms with E-state index in [0.29, 0.717) is 17.1 Å². The molecular weight excluding hydrogens is 498 g/mol. The second-order valence-electron chi connectivity index (χ2n) is 10.4. The third kappa shape index (κ3) is 3.51. The maximum atomic E-state index is 14.5. The van der Waals surface area contributed by atoms with E-state index in [1.807, 2.05) is 0 Å². The normalized spacial score (nSPS) is 23.1. The van der Waals surface area contributed by atoms with Crippen molar-refractivity contribution in [3.05, 3.63) is 77.2 Å². The predicted octanol–water partition coefficient (Wildman–Crippen LogP) is 5.25. The molecule has 1 aromatic carbocycles. The zero-order valence-corrected chi connectivity index (χ0v) is 21.3. The topological polar surface area (TPSA) is 119 Å². The van der Waals surface area contributed by atoms with Crippen LogP contribution in [-0.2, 0) is 20.9 Å². The molecule has 190 valence electrons. The molecule has 3 heterocycles. The van der Waals surface area contributed by atoms with E-state index >= 15 is 0 Å². The minimum atomic E-state index is -2.77. The summed E-state index contributed by atoms with van der Waals surface area (Å²) in [7, 11) is -2.77. The lowest BCUT2D eigenvalue weighted by Crippen LogP contribution is -2.38. The molecule has 4 aromatic rings. The van der Waals surface area contributed by atoms with Crippen molar-refractivity contribution < 1.29 is 17.4 Å². The summed E-state index contributed by atoms with van der Waals surface area (Å²) in [5.74, 6) is -1.05. The monoisotopic (exact) mass is 522 g/mol. The fourth-order valence-corrected chi connectivity index (χ4v) is 6.90. The summed E-state index contributed by atoms with van der Waals surface area (Å²) < 4.78 is 54.1. The van der Waals surface area contributed by atoms with E-state index in [1.165, 1.54) is 30.7 Å². The standard InChI is InChI=1S/C26H24F2N6O2S/c1-25(2)16-7-8-26(25,23-15(16)9-19(33-34-23)22-17(27)5-4-6-18(22)28)21-11-30-10-20(32-21)24-31-14(12-36-24)13-37(3,29)35/h4-6,9-12,16,29H,7-8,13H2,1-3H3/t16-,26-,37?/m0/s1. The average Bonchev–Trinajstić information content (AvgIpc) is 3.45. The van der Waals surface area contributed by atoms with E-state index < -0.39 is 26.8 Å². The van der Waals surface area contributed by atoms with E-state index in [0.717, 1.165) is 24.1 Å². The minimum Gasteiger partial charge on any atom is -0.443 e. The van der Waals surface area contributed by atoms with Crippen LogP contribution < -0.4 is 0 Å². The first-order valence-corrected chi connectivity index (χ1v) is 14.0. The van der Waals surface area contributed by atoms with Crippen molar-refractivity contribution >= 4 is 9.73 Å². The van der Waals surface area contributed by atoms with Crippen molar-refractivity contribution in [1.29, 1.82) is 4.78 Å². The highest BCUT2D eigenvalue weighted by Gasteiger charge is 2.65. The molecule has 37 heavy (non-hydrogen) atoms. The second kappa shape index (κ2) is 7.95. The molecule has 0 saturated heterocycles. The van der Waals surface area contributed by atoms with Crippen LogP contribution in [0.25, 0.3) is 22.8 Å². The average molecular weight is 523 g/mol. The molecule has 3 aromatic heterocycles. The van der Waals surface area contributed by atoms with Crippen LogP contribution in [-0.4, -0.2) is 35.6 Å². The van der Waals surface area contributed by atoms with Gasteiger partial charge in [-0.1, -0.05) is 19.9 Å². The molecular formula is C26H24F2N6O2S. The summed E-state index contributed by atoms with van der Waals surface area (Å²) in [6, 6.07) is 5.51. The zero-order chi connectivity index (χ0) is 26.2. The Labute approximate surface area is 212 Å². The third-order valence-corrected chi connectivity index (χ3v) is 8.71. The summed E-state index contributed by atoms with van der Waals surface area (Å²) in [6.07, 6.45) is 7.62. The molecule has 2 aliphatic carbocycles. The van der Waals surface area contributed by atoms with Crippen molar-refractivity contribution in [2.45, 2.75) is 43.8 Å². The lowest BCUT2D eigenvalue weighted by molar-refractivity contribution is 0.242. The first kappa shape index (κ1) is 23.8. The Hall–Kier alpha value is -3.60. The summed E-state index contributed by atoms with van der Waals surface area (Å²) >= 11 is 0. The molecule has 3 atom stereocenters. The number of benzene rings is 1. The number of halogens is 2. The van der Waals surface area contributed by atoms with Gasteiger partial charge in [0, 0.05) is 22.2 Å². The molecule has 0 spiro atoms. The van der Waals surface area contributed by atoms with Crippen molar-refractivity contribution in [2.24, 2.45) is 5.41 Å². The number of fused-ring (bicyclic) bond motifs is 5. The predicted molar refractivity (Wildman–Crippen MR) is 132 cm³/mol. The Bertz CT molecular complexity index is 1650. The largest absolute Gasteiger partial charge is 0.443 e. The van der Waals surface area contributed by atoms with E-state index in [4.69, 9.17) is 14.2 Å². The maximum absolute atomic E-state index is 14.5. The molecule has 8 nitrogen and oxygen atoms in total. The van der Waals surface area contributed by atoms with Crippen molar-refractivity contribution in [3.8, 4) is 22.8 Å². The van der Waals surface area contributed by atoms with Gasteiger partial charge >= 0.3 is 0 Å². The number of hydrogen-bond donors (Lipinski definition) is 1. The van der Waals surface area contributed by atoms with Gasteiger partial charge in [0.05, 0.1) is 45.7 Å².